The lowest BCUT2D eigenvalue weighted by molar-refractivity contribution is 0.424. The van der Waals surface area contributed by atoms with Gasteiger partial charge in [0.25, 0.3) is 0 Å². The molecule has 2 rings (SSSR count). The summed E-state index contributed by atoms with van der Waals surface area (Å²) in [5, 5.41) is 3.50. The van der Waals surface area contributed by atoms with Gasteiger partial charge < -0.3 is 14.8 Å². The monoisotopic (exact) mass is 250 g/mol. The molecule has 0 aromatic carbocycles. The van der Waals surface area contributed by atoms with Crippen LogP contribution in [-0.4, -0.2) is 35.2 Å². The Labute approximate surface area is 110 Å². The van der Waals surface area contributed by atoms with Crippen LogP contribution in [0.2, 0.25) is 0 Å². The number of anilines is 1. The number of nitrogens with zero attached hydrogens (tertiary/aromatic N) is 3. The van der Waals surface area contributed by atoms with Crippen molar-refractivity contribution in [2.24, 2.45) is 0 Å². The zero-order valence-electron chi connectivity index (χ0n) is 12.1. The third-order valence-corrected chi connectivity index (χ3v) is 3.70. The molecule has 0 radical (unpaired) electrons. The van der Waals surface area contributed by atoms with Crippen LogP contribution in [0.15, 0.2) is 6.20 Å². The van der Waals surface area contributed by atoms with E-state index in [0.29, 0.717) is 12.1 Å². The lowest BCUT2D eigenvalue weighted by Gasteiger charge is -2.35. The van der Waals surface area contributed by atoms with Gasteiger partial charge in [0, 0.05) is 31.4 Å². The van der Waals surface area contributed by atoms with Gasteiger partial charge in [-0.3, -0.25) is 0 Å². The molecule has 1 aliphatic rings. The van der Waals surface area contributed by atoms with Crippen LogP contribution in [0.4, 0.5) is 5.95 Å². The largest absolute Gasteiger partial charge is 0.338 e. The van der Waals surface area contributed by atoms with Gasteiger partial charge in [0.2, 0.25) is 5.95 Å². The molecule has 18 heavy (non-hydrogen) atoms. The molecule has 1 aromatic heterocycles. The van der Waals surface area contributed by atoms with Crippen LogP contribution in [0, 0.1) is 6.92 Å². The first kappa shape index (κ1) is 13.4. The SMILES string of the molecule is CCN(c1nc(C)cn1C(C)C)C1CCCNC1. The number of imidazole rings is 1. The van der Waals surface area contributed by atoms with Gasteiger partial charge >= 0.3 is 0 Å². The number of hydrogen-bond donors (Lipinski definition) is 1. The zero-order chi connectivity index (χ0) is 13.1. The highest BCUT2D eigenvalue weighted by atomic mass is 15.3. The summed E-state index contributed by atoms with van der Waals surface area (Å²) in [5.74, 6) is 1.14. The van der Waals surface area contributed by atoms with Crippen molar-refractivity contribution in [1.82, 2.24) is 14.9 Å². The van der Waals surface area contributed by atoms with E-state index in [1.807, 2.05) is 0 Å². The summed E-state index contributed by atoms with van der Waals surface area (Å²) < 4.78 is 2.30. The molecule has 1 N–H and O–H groups in total. The predicted octanol–water partition coefficient (Wildman–Crippen LogP) is 2.35. The molecule has 1 aromatic rings. The Kier molecular flexibility index (Phi) is 4.27. The molecule has 1 atom stereocenters. The number of aromatic nitrogens is 2. The molecule has 0 saturated carbocycles. The minimum Gasteiger partial charge on any atom is -0.338 e. The van der Waals surface area contributed by atoms with E-state index < -0.39 is 0 Å². The second-order valence-electron chi connectivity index (χ2n) is 5.47. The molecule has 1 saturated heterocycles. The van der Waals surface area contributed by atoms with Crippen LogP contribution in [0.25, 0.3) is 0 Å². The second-order valence-corrected chi connectivity index (χ2v) is 5.47. The Hall–Kier alpha value is -1.03. The molecule has 1 fully saturated rings. The van der Waals surface area contributed by atoms with E-state index in [1.165, 1.54) is 12.8 Å². The van der Waals surface area contributed by atoms with Crippen LogP contribution in [0.5, 0.6) is 0 Å². The molecule has 0 spiro atoms. The summed E-state index contributed by atoms with van der Waals surface area (Å²) in [5.41, 5.74) is 1.11. The van der Waals surface area contributed by atoms with Crippen molar-refractivity contribution in [3.8, 4) is 0 Å². The van der Waals surface area contributed by atoms with E-state index in [2.05, 4.69) is 48.7 Å². The maximum atomic E-state index is 4.74. The van der Waals surface area contributed by atoms with E-state index in [9.17, 15) is 0 Å². The molecular formula is C14H26N4. The maximum absolute atomic E-state index is 4.74. The number of likely N-dealkylation sites (N-methyl/N-ethyl adjacent to an activating group) is 1. The van der Waals surface area contributed by atoms with Gasteiger partial charge in [0.15, 0.2) is 0 Å². The lowest BCUT2D eigenvalue weighted by Crippen LogP contribution is -2.47. The van der Waals surface area contributed by atoms with Crippen molar-refractivity contribution >= 4 is 5.95 Å². The molecule has 0 bridgehead atoms. The summed E-state index contributed by atoms with van der Waals surface area (Å²) >= 11 is 0. The van der Waals surface area contributed by atoms with Gasteiger partial charge in [-0.2, -0.15) is 0 Å². The summed E-state index contributed by atoms with van der Waals surface area (Å²) in [7, 11) is 0. The van der Waals surface area contributed by atoms with Crippen molar-refractivity contribution in [2.45, 2.75) is 52.6 Å². The Bertz CT molecular complexity index is 377. The van der Waals surface area contributed by atoms with E-state index in [0.717, 1.165) is 31.3 Å². The molecule has 0 aliphatic carbocycles. The molecule has 1 aliphatic heterocycles. The van der Waals surface area contributed by atoms with Gasteiger partial charge in [-0.1, -0.05) is 0 Å². The maximum Gasteiger partial charge on any atom is 0.206 e. The fourth-order valence-corrected chi connectivity index (χ4v) is 2.76. The van der Waals surface area contributed by atoms with Crippen molar-refractivity contribution < 1.29 is 0 Å². The Morgan fingerprint density at radius 1 is 1.56 bits per heavy atom. The predicted molar refractivity (Wildman–Crippen MR) is 76.3 cm³/mol. The fraction of sp³-hybridized carbons (Fsp3) is 0.786. The number of piperidine rings is 1. The molecule has 2 heterocycles. The second kappa shape index (κ2) is 5.74. The van der Waals surface area contributed by atoms with E-state index in [-0.39, 0.29) is 0 Å². The molecule has 4 nitrogen and oxygen atoms in total. The molecule has 102 valence electrons. The number of rotatable bonds is 4. The Balaban J connectivity index is 2.25. The van der Waals surface area contributed by atoms with Crippen LogP contribution < -0.4 is 10.2 Å². The third kappa shape index (κ3) is 2.69. The van der Waals surface area contributed by atoms with Gasteiger partial charge in [0.05, 0.1) is 5.69 Å². The molecule has 1 unspecified atom stereocenters. The number of hydrogen-bond acceptors (Lipinski definition) is 3. The third-order valence-electron chi connectivity index (χ3n) is 3.70. The van der Waals surface area contributed by atoms with Crippen LogP contribution in [0.3, 0.4) is 0 Å². The Morgan fingerprint density at radius 3 is 2.89 bits per heavy atom. The van der Waals surface area contributed by atoms with Crippen LogP contribution in [0.1, 0.15) is 45.3 Å². The van der Waals surface area contributed by atoms with E-state index in [4.69, 9.17) is 4.98 Å². The van der Waals surface area contributed by atoms with Crippen LogP contribution >= 0.6 is 0 Å². The van der Waals surface area contributed by atoms with Crippen LogP contribution in [-0.2, 0) is 0 Å². The minimum absolute atomic E-state index is 0.465. The van der Waals surface area contributed by atoms with Gasteiger partial charge in [0.1, 0.15) is 0 Å². The first-order valence-corrected chi connectivity index (χ1v) is 7.16. The first-order valence-electron chi connectivity index (χ1n) is 7.16. The highest BCUT2D eigenvalue weighted by Gasteiger charge is 2.24. The summed E-state index contributed by atoms with van der Waals surface area (Å²) in [6.07, 6.45) is 4.70. The quantitative estimate of drug-likeness (QED) is 0.890. The van der Waals surface area contributed by atoms with Crippen molar-refractivity contribution in [2.75, 3.05) is 24.5 Å². The summed E-state index contributed by atoms with van der Waals surface area (Å²) in [4.78, 5) is 7.20. The van der Waals surface area contributed by atoms with E-state index >= 15 is 0 Å². The number of nitrogens with one attached hydrogen (secondary N) is 1. The molecular weight excluding hydrogens is 224 g/mol. The van der Waals surface area contributed by atoms with Crippen molar-refractivity contribution in [3.05, 3.63) is 11.9 Å². The highest BCUT2D eigenvalue weighted by Crippen LogP contribution is 2.23. The normalized spacial score (nSPS) is 20.4. The van der Waals surface area contributed by atoms with Crippen molar-refractivity contribution in [1.29, 1.82) is 0 Å². The zero-order valence-corrected chi connectivity index (χ0v) is 12.1. The first-order chi connectivity index (χ1) is 8.63. The average molecular weight is 250 g/mol. The average Bonchev–Trinajstić information content (AvgIpc) is 2.74. The highest BCUT2D eigenvalue weighted by molar-refractivity contribution is 5.36. The van der Waals surface area contributed by atoms with Gasteiger partial charge in [-0.25, -0.2) is 4.98 Å². The Morgan fingerprint density at radius 2 is 2.33 bits per heavy atom. The standard InChI is InChI=1S/C14H26N4/c1-5-17(13-7-6-8-15-9-13)14-16-12(4)10-18(14)11(2)3/h10-11,13,15H,5-9H2,1-4H3. The molecule has 0 amide bonds. The van der Waals surface area contributed by atoms with E-state index in [1.54, 1.807) is 0 Å². The lowest BCUT2D eigenvalue weighted by atomic mass is 10.1. The van der Waals surface area contributed by atoms with Crippen molar-refractivity contribution in [3.63, 3.8) is 0 Å². The molecule has 4 heteroatoms. The van der Waals surface area contributed by atoms with Gasteiger partial charge in [-0.05, 0) is 47.1 Å². The summed E-state index contributed by atoms with van der Waals surface area (Å²) in [6, 6.07) is 1.05. The number of aryl methyl sites for hydroxylation is 1. The van der Waals surface area contributed by atoms with Gasteiger partial charge in [-0.15, -0.1) is 0 Å². The smallest absolute Gasteiger partial charge is 0.206 e. The topological polar surface area (TPSA) is 33.1 Å². The summed E-state index contributed by atoms with van der Waals surface area (Å²) in [6.45, 7) is 12.0. The minimum atomic E-state index is 0.465. The fourth-order valence-electron chi connectivity index (χ4n) is 2.76.